The highest BCUT2D eigenvalue weighted by Gasteiger charge is 2.29. The Morgan fingerprint density at radius 2 is 2.10 bits per heavy atom. The molecule has 0 radical (unpaired) electrons. The van der Waals surface area contributed by atoms with Crippen LogP contribution in [0.4, 0.5) is 0 Å². The zero-order chi connectivity index (χ0) is 14.8. The Labute approximate surface area is 124 Å². The van der Waals surface area contributed by atoms with Gasteiger partial charge in [0.1, 0.15) is 11.9 Å². The molecule has 1 heterocycles. The quantitative estimate of drug-likeness (QED) is 0.932. The van der Waals surface area contributed by atoms with Gasteiger partial charge < -0.3 is 9.84 Å². The van der Waals surface area contributed by atoms with Crippen molar-refractivity contribution in [1.82, 2.24) is 0 Å². The van der Waals surface area contributed by atoms with Crippen molar-refractivity contribution in [3.63, 3.8) is 0 Å². The van der Waals surface area contributed by atoms with E-state index in [4.69, 9.17) is 4.74 Å². The highest BCUT2D eigenvalue weighted by Crippen LogP contribution is 2.33. The summed E-state index contributed by atoms with van der Waals surface area (Å²) in [6.07, 6.45) is 1.21. The van der Waals surface area contributed by atoms with Gasteiger partial charge in [-0.3, -0.25) is 4.79 Å². The third-order valence-corrected chi connectivity index (χ3v) is 3.96. The minimum atomic E-state index is -0.792. The number of para-hydroxylation sites is 1. The van der Waals surface area contributed by atoms with Crippen molar-refractivity contribution in [2.24, 2.45) is 0 Å². The van der Waals surface area contributed by atoms with E-state index in [1.165, 1.54) is 0 Å². The monoisotopic (exact) mass is 282 g/mol. The topological polar surface area (TPSA) is 46.5 Å². The zero-order valence-corrected chi connectivity index (χ0v) is 12.0. The first-order valence-corrected chi connectivity index (χ1v) is 7.17. The molecule has 0 fully saturated rings. The van der Waals surface area contributed by atoms with Gasteiger partial charge in [-0.15, -0.1) is 0 Å². The summed E-state index contributed by atoms with van der Waals surface area (Å²) in [5, 5.41) is 9.54. The lowest BCUT2D eigenvalue weighted by atomic mass is 9.91. The molecule has 3 nitrogen and oxygen atoms in total. The summed E-state index contributed by atoms with van der Waals surface area (Å²) in [5.41, 5.74) is 3.09. The van der Waals surface area contributed by atoms with Crippen molar-refractivity contribution < 1.29 is 14.6 Å². The number of benzene rings is 2. The standard InChI is InChI=1S/C18H18O3/c1-12-5-4-7-13(9-12)16(18(19)20)11-15-10-14-6-2-3-8-17(14)21-15/h2-9,15-16H,10-11H2,1H3,(H,19,20). The normalized spacial score (nSPS) is 17.9. The number of aryl methyl sites for hydroxylation is 1. The molecule has 0 saturated heterocycles. The van der Waals surface area contributed by atoms with Gasteiger partial charge >= 0.3 is 5.97 Å². The average molecular weight is 282 g/mol. The smallest absolute Gasteiger partial charge is 0.311 e. The number of carboxylic acid groups (broad SMARTS) is 1. The number of carboxylic acids is 1. The van der Waals surface area contributed by atoms with Crippen molar-refractivity contribution in [2.75, 3.05) is 0 Å². The Hall–Kier alpha value is -2.29. The average Bonchev–Trinajstić information content (AvgIpc) is 2.87. The molecule has 3 rings (SSSR count). The van der Waals surface area contributed by atoms with Crippen LogP contribution in [-0.2, 0) is 11.2 Å². The molecule has 1 N–H and O–H groups in total. The number of carbonyl (C=O) groups is 1. The lowest BCUT2D eigenvalue weighted by Gasteiger charge is -2.18. The molecule has 2 atom stereocenters. The number of rotatable bonds is 4. The van der Waals surface area contributed by atoms with Crippen LogP contribution in [0.15, 0.2) is 48.5 Å². The van der Waals surface area contributed by atoms with Crippen molar-refractivity contribution in [2.45, 2.75) is 31.8 Å². The molecule has 1 aliphatic rings. The molecular formula is C18H18O3. The molecule has 2 unspecified atom stereocenters. The largest absolute Gasteiger partial charge is 0.490 e. The lowest BCUT2D eigenvalue weighted by Crippen LogP contribution is -2.22. The third-order valence-electron chi connectivity index (χ3n) is 3.96. The minimum Gasteiger partial charge on any atom is -0.490 e. The van der Waals surface area contributed by atoms with Gasteiger partial charge in [-0.05, 0) is 24.1 Å². The predicted octanol–water partition coefficient (Wildman–Crippen LogP) is 3.56. The first kappa shape index (κ1) is 13.7. The molecule has 2 aromatic rings. The van der Waals surface area contributed by atoms with Crippen LogP contribution in [0.5, 0.6) is 5.75 Å². The third kappa shape index (κ3) is 2.92. The minimum absolute atomic E-state index is 0.0657. The number of aliphatic carboxylic acids is 1. The van der Waals surface area contributed by atoms with Crippen molar-refractivity contribution >= 4 is 5.97 Å². The summed E-state index contributed by atoms with van der Waals surface area (Å²) in [7, 11) is 0. The van der Waals surface area contributed by atoms with E-state index < -0.39 is 11.9 Å². The molecule has 0 aliphatic carbocycles. The van der Waals surface area contributed by atoms with Crippen LogP contribution in [0.3, 0.4) is 0 Å². The van der Waals surface area contributed by atoms with Crippen LogP contribution >= 0.6 is 0 Å². The fourth-order valence-corrected chi connectivity index (χ4v) is 2.91. The van der Waals surface area contributed by atoms with E-state index in [0.717, 1.165) is 28.9 Å². The second kappa shape index (κ2) is 5.60. The summed E-state index contributed by atoms with van der Waals surface area (Å²) in [4.78, 5) is 11.6. The fourth-order valence-electron chi connectivity index (χ4n) is 2.91. The van der Waals surface area contributed by atoms with Crippen molar-refractivity contribution in [1.29, 1.82) is 0 Å². The number of fused-ring (bicyclic) bond motifs is 1. The summed E-state index contributed by atoms with van der Waals surface area (Å²) in [5.74, 6) is -0.430. The molecule has 0 bridgehead atoms. The molecule has 1 aliphatic heterocycles. The van der Waals surface area contributed by atoms with Gasteiger partial charge in [0, 0.05) is 12.8 Å². The Morgan fingerprint density at radius 1 is 1.29 bits per heavy atom. The van der Waals surface area contributed by atoms with Gasteiger partial charge in [0.25, 0.3) is 0 Å². The lowest BCUT2D eigenvalue weighted by molar-refractivity contribution is -0.139. The van der Waals surface area contributed by atoms with Gasteiger partial charge in [-0.25, -0.2) is 0 Å². The molecule has 0 amide bonds. The Balaban J connectivity index is 1.77. The van der Waals surface area contributed by atoms with Crippen LogP contribution in [0.1, 0.15) is 29.0 Å². The number of ether oxygens (including phenoxy) is 1. The van der Waals surface area contributed by atoms with Crippen LogP contribution in [0.2, 0.25) is 0 Å². The second-order valence-electron chi connectivity index (χ2n) is 5.59. The summed E-state index contributed by atoms with van der Waals surface area (Å²) in [6.45, 7) is 1.98. The Morgan fingerprint density at radius 3 is 2.81 bits per heavy atom. The molecule has 0 aromatic heterocycles. The van der Waals surface area contributed by atoms with Gasteiger partial charge in [-0.2, -0.15) is 0 Å². The van der Waals surface area contributed by atoms with E-state index in [0.29, 0.717) is 6.42 Å². The van der Waals surface area contributed by atoms with E-state index in [2.05, 4.69) is 0 Å². The maximum atomic E-state index is 11.6. The van der Waals surface area contributed by atoms with Crippen LogP contribution in [-0.4, -0.2) is 17.2 Å². The van der Waals surface area contributed by atoms with Crippen LogP contribution in [0, 0.1) is 6.92 Å². The Bertz CT molecular complexity index is 638. The van der Waals surface area contributed by atoms with E-state index in [1.807, 2.05) is 55.5 Å². The highest BCUT2D eigenvalue weighted by atomic mass is 16.5. The van der Waals surface area contributed by atoms with Gasteiger partial charge in [0.05, 0.1) is 5.92 Å². The summed E-state index contributed by atoms with van der Waals surface area (Å²) in [6, 6.07) is 15.6. The fraction of sp³-hybridized carbons (Fsp3) is 0.278. The van der Waals surface area contributed by atoms with Gasteiger partial charge in [-0.1, -0.05) is 48.0 Å². The predicted molar refractivity (Wildman–Crippen MR) is 80.7 cm³/mol. The maximum absolute atomic E-state index is 11.6. The van der Waals surface area contributed by atoms with Crippen molar-refractivity contribution in [3.8, 4) is 5.75 Å². The number of hydrogen-bond donors (Lipinski definition) is 1. The van der Waals surface area contributed by atoms with E-state index in [-0.39, 0.29) is 6.10 Å². The zero-order valence-electron chi connectivity index (χ0n) is 12.0. The first-order chi connectivity index (χ1) is 10.1. The van der Waals surface area contributed by atoms with E-state index in [1.54, 1.807) is 0 Å². The van der Waals surface area contributed by atoms with E-state index in [9.17, 15) is 9.90 Å². The van der Waals surface area contributed by atoms with Gasteiger partial charge in [0.2, 0.25) is 0 Å². The van der Waals surface area contributed by atoms with Gasteiger partial charge in [0.15, 0.2) is 0 Å². The SMILES string of the molecule is Cc1cccc(C(CC2Cc3ccccc3O2)C(=O)O)c1. The molecule has 3 heteroatoms. The highest BCUT2D eigenvalue weighted by molar-refractivity contribution is 5.76. The number of hydrogen-bond acceptors (Lipinski definition) is 2. The molecular weight excluding hydrogens is 264 g/mol. The van der Waals surface area contributed by atoms with E-state index >= 15 is 0 Å². The molecule has 21 heavy (non-hydrogen) atoms. The summed E-state index contributed by atoms with van der Waals surface area (Å²) >= 11 is 0. The molecule has 0 spiro atoms. The summed E-state index contributed by atoms with van der Waals surface area (Å²) < 4.78 is 5.88. The van der Waals surface area contributed by atoms with Crippen LogP contribution < -0.4 is 4.74 Å². The Kier molecular flexibility index (Phi) is 3.65. The maximum Gasteiger partial charge on any atom is 0.311 e. The second-order valence-corrected chi connectivity index (χ2v) is 5.59. The van der Waals surface area contributed by atoms with Crippen molar-refractivity contribution in [3.05, 3.63) is 65.2 Å². The molecule has 108 valence electrons. The molecule has 0 saturated carbocycles. The van der Waals surface area contributed by atoms with Crippen LogP contribution in [0.25, 0.3) is 0 Å². The molecule has 2 aromatic carbocycles. The first-order valence-electron chi connectivity index (χ1n) is 7.17.